The molecule has 2 aliphatic rings. The van der Waals surface area contributed by atoms with Crippen LogP contribution in [0.25, 0.3) is 22.3 Å². The van der Waals surface area contributed by atoms with E-state index >= 15 is 0 Å². The van der Waals surface area contributed by atoms with Gasteiger partial charge >= 0.3 is 6.09 Å². The van der Waals surface area contributed by atoms with Gasteiger partial charge in [-0.2, -0.15) is 0 Å². The molecule has 0 N–H and O–H groups in total. The van der Waals surface area contributed by atoms with E-state index in [1.165, 1.54) is 0 Å². The molecule has 0 saturated heterocycles. The van der Waals surface area contributed by atoms with E-state index in [2.05, 4.69) is 38.0 Å². The number of rotatable bonds is 7. The lowest BCUT2D eigenvalue weighted by atomic mass is 10.1. The molecule has 1 amide bonds. The Morgan fingerprint density at radius 1 is 1.20 bits per heavy atom. The fraction of sp³-hybridized carbons (Fsp3) is 0.577. The first-order chi connectivity index (χ1) is 16.5. The highest BCUT2D eigenvalue weighted by molar-refractivity contribution is 6.76. The van der Waals surface area contributed by atoms with Gasteiger partial charge in [0.2, 0.25) is 0 Å². The van der Waals surface area contributed by atoms with Gasteiger partial charge in [-0.15, -0.1) is 0 Å². The number of carbonyl (C=O) groups excluding carboxylic acids is 1. The molecule has 0 fully saturated rings. The van der Waals surface area contributed by atoms with E-state index in [0.29, 0.717) is 33.0 Å². The van der Waals surface area contributed by atoms with Crippen molar-refractivity contribution >= 4 is 36.5 Å². The van der Waals surface area contributed by atoms with Crippen molar-refractivity contribution in [3.05, 3.63) is 35.8 Å². The number of fused-ring (bicyclic) bond motifs is 1. The van der Waals surface area contributed by atoms with E-state index in [-0.39, 0.29) is 6.09 Å². The molecule has 2 aromatic heterocycles. The molecule has 0 spiro atoms. The van der Waals surface area contributed by atoms with Crippen LogP contribution in [0, 0.1) is 0 Å². The maximum absolute atomic E-state index is 12.6. The number of nitrogens with zero attached hydrogens (tertiary/aromatic N) is 4. The first-order valence-corrected chi connectivity index (χ1v) is 16.1. The Morgan fingerprint density at radius 2 is 2.00 bits per heavy atom. The van der Waals surface area contributed by atoms with E-state index in [0.717, 1.165) is 52.6 Å². The summed E-state index contributed by atoms with van der Waals surface area (Å²) >= 11 is 0. The molecule has 0 aliphatic carbocycles. The van der Waals surface area contributed by atoms with Crippen LogP contribution in [0.4, 0.5) is 4.79 Å². The molecule has 0 atom stereocenters. The lowest BCUT2D eigenvalue weighted by Crippen LogP contribution is -2.35. The zero-order valence-corrected chi connectivity index (χ0v) is 22.9. The fourth-order valence-corrected chi connectivity index (χ4v) is 4.81. The molecular formula is C26H38N4O4Si. The highest BCUT2D eigenvalue weighted by Crippen LogP contribution is 2.31. The predicted molar refractivity (Wildman–Crippen MR) is 141 cm³/mol. The quantitative estimate of drug-likeness (QED) is 0.387. The molecule has 35 heavy (non-hydrogen) atoms. The number of aromatic nitrogens is 3. The minimum Gasteiger partial charge on any atom is -0.444 e. The average Bonchev–Trinajstić information content (AvgIpc) is 3.40. The van der Waals surface area contributed by atoms with Gasteiger partial charge in [-0.05, 0) is 44.4 Å². The molecule has 4 heterocycles. The Hall–Kier alpha value is -2.49. The molecule has 4 rings (SSSR count). The summed E-state index contributed by atoms with van der Waals surface area (Å²) in [6.45, 7) is 16.1. The summed E-state index contributed by atoms with van der Waals surface area (Å²) in [6, 6.07) is 1.11. The first kappa shape index (κ1) is 25.6. The number of hydrogen-bond donors (Lipinski definition) is 0. The molecule has 2 aromatic rings. The topological polar surface area (TPSA) is 78.7 Å². The number of carbonyl (C=O) groups is 1. The second kappa shape index (κ2) is 10.2. The largest absolute Gasteiger partial charge is 0.444 e. The molecule has 0 unspecified atom stereocenters. The highest BCUT2D eigenvalue weighted by Gasteiger charge is 2.28. The van der Waals surface area contributed by atoms with Gasteiger partial charge in [-0.1, -0.05) is 31.8 Å². The zero-order valence-electron chi connectivity index (χ0n) is 21.9. The monoisotopic (exact) mass is 498 g/mol. The normalized spacial score (nSPS) is 17.0. The molecule has 2 aliphatic heterocycles. The predicted octanol–water partition coefficient (Wildman–Crippen LogP) is 5.18. The van der Waals surface area contributed by atoms with Crippen LogP contribution in [0.1, 0.15) is 38.4 Å². The first-order valence-electron chi connectivity index (χ1n) is 12.4. The van der Waals surface area contributed by atoms with Gasteiger partial charge in [-0.3, -0.25) is 0 Å². The lowest BCUT2D eigenvalue weighted by molar-refractivity contribution is 0.0306. The van der Waals surface area contributed by atoms with Crippen LogP contribution < -0.4 is 0 Å². The standard InChI is InChI=1S/C26H38N4O4Si/c1-26(2,3)34-25(31)29-10-7-20(16-29)21-17-30(18-33-13-14-35(4,5)6)24-23(21)28-22(15-27-24)19-8-11-32-12-9-19/h7-8,15,17H,9-14,16,18H2,1-6H3. The third-order valence-electron chi connectivity index (χ3n) is 6.00. The van der Waals surface area contributed by atoms with Crippen molar-refractivity contribution in [3.8, 4) is 0 Å². The van der Waals surface area contributed by atoms with Gasteiger partial charge < -0.3 is 23.7 Å². The summed E-state index contributed by atoms with van der Waals surface area (Å²) < 4.78 is 19.1. The summed E-state index contributed by atoms with van der Waals surface area (Å²) in [5.41, 5.74) is 5.17. The van der Waals surface area contributed by atoms with Crippen molar-refractivity contribution in [2.75, 3.05) is 32.9 Å². The van der Waals surface area contributed by atoms with Crippen LogP contribution >= 0.6 is 0 Å². The van der Waals surface area contributed by atoms with Gasteiger partial charge in [0.25, 0.3) is 0 Å². The zero-order chi connectivity index (χ0) is 25.2. The maximum Gasteiger partial charge on any atom is 0.410 e. The third-order valence-corrected chi connectivity index (χ3v) is 7.71. The third kappa shape index (κ3) is 6.59. The van der Waals surface area contributed by atoms with Gasteiger partial charge in [0.05, 0.1) is 25.1 Å². The molecule has 0 aromatic carbocycles. The van der Waals surface area contributed by atoms with E-state index < -0.39 is 13.7 Å². The van der Waals surface area contributed by atoms with Crippen LogP contribution in [0.2, 0.25) is 25.7 Å². The Morgan fingerprint density at radius 3 is 2.69 bits per heavy atom. The van der Waals surface area contributed by atoms with E-state index in [1.54, 1.807) is 4.90 Å². The maximum atomic E-state index is 12.6. The second-order valence-electron chi connectivity index (χ2n) is 11.4. The highest BCUT2D eigenvalue weighted by atomic mass is 28.3. The van der Waals surface area contributed by atoms with Crippen molar-refractivity contribution in [1.82, 2.24) is 19.4 Å². The number of amides is 1. The lowest BCUT2D eigenvalue weighted by Gasteiger charge is -2.24. The van der Waals surface area contributed by atoms with E-state index in [4.69, 9.17) is 24.2 Å². The second-order valence-corrected chi connectivity index (χ2v) is 17.1. The number of hydrogen-bond acceptors (Lipinski definition) is 6. The molecular weight excluding hydrogens is 460 g/mol. The van der Waals surface area contributed by atoms with Crippen LogP contribution in [-0.4, -0.2) is 72.1 Å². The van der Waals surface area contributed by atoms with E-state index in [9.17, 15) is 4.79 Å². The Labute approximate surface area is 209 Å². The average molecular weight is 499 g/mol. The summed E-state index contributed by atoms with van der Waals surface area (Å²) in [6.07, 6.45) is 8.59. The van der Waals surface area contributed by atoms with Gasteiger partial charge in [0.1, 0.15) is 17.8 Å². The van der Waals surface area contributed by atoms with Crippen molar-refractivity contribution in [2.24, 2.45) is 0 Å². The Bertz CT molecular complexity index is 1140. The van der Waals surface area contributed by atoms with Crippen LogP contribution in [0.3, 0.4) is 0 Å². The fourth-order valence-electron chi connectivity index (χ4n) is 4.06. The molecule has 0 radical (unpaired) electrons. The molecule has 8 nitrogen and oxygen atoms in total. The van der Waals surface area contributed by atoms with Crippen molar-refractivity contribution in [2.45, 2.75) is 65.2 Å². The Kier molecular flexibility index (Phi) is 7.49. The smallest absolute Gasteiger partial charge is 0.410 e. The molecule has 9 heteroatoms. The van der Waals surface area contributed by atoms with Crippen molar-refractivity contribution < 1.29 is 19.0 Å². The summed E-state index contributed by atoms with van der Waals surface area (Å²) in [7, 11) is -1.16. The Balaban J connectivity index is 1.60. The summed E-state index contributed by atoms with van der Waals surface area (Å²) in [5.74, 6) is 0. The van der Waals surface area contributed by atoms with Gasteiger partial charge in [-0.25, -0.2) is 14.8 Å². The summed E-state index contributed by atoms with van der Waals surface area (Å²) in [5, 5.41) is 0. The summed E-state index contributed by atoms with van der Waals surface area (Å²) in [4.78, 5) is 24.2. The number of ether oxygens (including phenoxy) is 3. The minimum atomic E-state index is -1.16. The minimum absolute atomic E-state index is 0.304. The van der Waals surface area contributed by atoms with Crippen molar-refractivity contribution in [3.63, 3.8) is 0 Å². The molecule has 0 saturated carbocycles. The van der Waals surface area contributed by atoms with Crippen LogP contribution in [0.5, 0.6) is 0 Å². The van der Waals surface area contributed by atoms with Crippen molar-refractivity contribution in [1.29, 1.82) is 0 Å². The molecule has 0 bridgehead atoms. The van der Waals surface area contributed by atoms with E-state index in [1.807, 2.05) is 31.5 Å². The van der Waals surface area contributed by atoms with Gasteiger partial charge in [0.15, 0.2) is 5.65 Å². The molecule has 190 valence electrons. The van der Waals surface area contributed by atoms with Crippen LogP contribution in [0.15, 0.2) is 24.5 Å². The SMILES string of the molecule is CC(C)(C)OC(=O)N1CC=C(c2cn(COCC[Si](C)(C)C)c3ncc(C4=CCOCC4)nc23)C1. The van der Waals surface area contributed by atoms with Gasteiger partial charge in [0, 0.05) is 39.5 Å². The van der Waals surface area contributed by atoms with Crippen LogP contribution in [-0.2, 0) is 20.9 Å².